The Kier molecular flexibility index (Phi) is 5.18. The smallest absolute Gasteiger partial charge is 0.235 e. The first kappa shape index (κ1) is 14.6. The van der Waals surface area contributed by atoms with Crippen molar-refractivity contribution >= 4 is 18.5 Å². The van der Waals surface area contributed by atoms with Crippen molar-refractivity contribution in [2.24, 2.45) is 0 Å². The Morgan fingerprint density at radius 3 is 2.55 bits per heavy atom. The molecule has 20 heavy (non-hydrogen) atoms. The Morgan fingerprint density at radius 2 is 1.90 bits per heavy atom. The highest BCUT2D eigenvalue weighted by atomic mass is 32.1. The highest BCUT2D eigenvalue weighted by Gasteiger charge is 2.19. The van der Waals surface area contributed by atoms with Crippen molar-refractivity contribution in [3.63, 3.8) is 0 Å². The fourth-order valence-corrected chi connectivity index (χ4v) is 2.40. The van der Waals surface area contributed by atoms with Crippen LogP contribution in [0.4, 0.5) is 0 Å². The predicted octanol–water partition coefficient (Wildman–Crippen LogP) is 2.58. The van der Waals surface area contributed by atoms with E-state index in [9.17, 15) is 4.79 Å². The second-order valence-electron chi connectivity index (χ2n) is 4.72. The van der Waals surface area contributed by atoms with Crippen LogP contribution < -0.4 is 0 Å². The summed E-state index contributed by atoms with van der Waals surface area (Å²) in [4.78, 5) is 18.2. The molecule has 0 bridgehead atoms. The predicted molar refractivity (Wildman–Crippen MR) is 83.6 cm³/mol. The van der Waals surface area contributed by atoms with Gasteiger partial charge in [-0.25, -0.2) is 0 Å². The number of carbonyl (C=O) groups excluding carboxylic acids is 1. The molecule has 0 aliphatic heterocycles. The van der Waals surface area contributed by atoms with Crippen molar-refractivity contribution in [3.05, 3.63) is 66.0 Å². The van der Waals surface area contributed by atoms with Gasteiger partial charge in [-0.1, -0.05) is 36.4 Å². The molecule has 104 valence electrons. The maximum absolute atomic E-state index is 12.3. The minimum Gasteiger partial charge on any atom is -0.339 e. The van der Waals surface area contributed by atoms with Gasteiger partial charge in [0, 0.05) is 13.2 Å². The maximum Gasteiger partial charge on any atom is 0.235 e. The average Bonchev–Trinajstić information content (AvgIpc) is 2.48. The van der Waals surface area contributed by atoms with E-state index in [1.165, 1.54) is 0 Å². The molecule has 0 spiro atoms. The van der Waals surface area contributed by atoms with Gasteiger partial charge in [0.15, 0.2) is 0 Å². The summed E-state index contributed by atoms with van der Waals surface area (Å²) in [6.45, 7) is 0.505. The molecule has 1 amide bonds. The summed E-state index contributed by atoms with van der Waals surface area (Å²) >= 11 is 4.43. The molecule has 0 N–H and O–H groups in total. The van der Waals surface area contributed by atoms with E-state index in [0.29, 0.717) is 13.0 Å². The topological polar surface area (TPSA) is 33.2 Å². The van der Waals surface area contributed by atoms with Crippen LogP contribution in [-0.2, 0) is 17.8 Å². The van der Waals surface area contributed by atoms with Gasteiger partial charge in [0.2, 0.25) is 5.91 Å². The lowest BCUT2D eigenvalue weighted by atomic mass is 10.1. The fourth-order valence-electron chi connectivity index (χ4n) is 1.99. The maximum atomic E-state index is 12.3. The van der Waals surface area contributed by atoms with E-state index in [4.69, 9.17) is 0 Å². The number of thiol groups is 1. The van der Waals surface area contributed by atoms with E-state index < -0.39 is 0 Å². The van der Waals surface area contributed by atoms with Gasteiger partial charge in [-0.05, 0) is 24.1 Å². The molecule has 1 aromatic carbocycles. The van der Waals surface area contributed by atoms with Gasteiger partial charge < -0.3 is 4.90 Å². The standard InChI is InChI=1S/C16H18N2OS/c1-18(12-14-9-5-6-10-17-14)16(19)15(20)11-13-7-3-2-4-8-13/h2-10,15,20H,11-12H2,1H3. The number of hydrogen-bond donors (Lipinski definition) is 1. The third-order valence-electron chi connectivity index (χ3n) is 3.06. The zero-order valence-electron chi connectivity index (χ0n) is 11.4. The first-order valence-corrected chi connectivity index (χ1v) is 7.05. The molecule has 0 aliphatic rings. The average molecular weight is 286 g/mol. The van der Waals surface area contributed by atoms with Gasteiger partial charge in [0.05, 0.1) is 17.5 Å². The Bertz CT molecular complexity index is 495. The Balaban J connectivity index is 1.93. The molecule has 0 saturated carbocycles. The second-order valence-corrected chi connectivity index (χ2v) is 5.34. The molecule has 1 aromatic heterocycles. The van der Waals surface area contributed by atoms with E-state index in [1.54, 1.807) is 18.1 Å². The monoisotopic (exact) mass is 286 g/mol. The van der Waals surface area contributed by atoms with Crippen molar-refractivity contribution in [2.45, 2.75) is 18.2 Å². The van der Waals surface area contributed by atoms with E-state index >= 15 is 0 Å². The van der Waals surface area contributed by atoms with Gasteiger partial charge in [-0.2, -0.15) is 12.6 Å². The molecule has 4 heteroatoms. The summed E-state index contributed by atoms with van der Waals surface area (Å²) in [7, 11) is 1.78. The SMILES string of the molecule is CN(Cc1ccccn1)C(=O)C(S)Cc1ccccc1. The van der Waals surface area contributed by atoms with Gasteiger partial charge in [-0.3, -0.25) is 9.78 Å². The van der Waals surface area contributed by atoms with Crippen LogP contribution in [0.25, 0.3) is 0 Å². The molecule has 3 nitrogen and oxygen atoms in total. The molecule has 0 aliphatic carbocycles. The molecular formula is C16H18N2OS. The van der Waals surface area contributed by atoms with Crippen molar-refractivity contribution in [1.29, 1.82) is 0 Å². The zero-order chi connectivity index (χ0) is 14.4. The first-order valence-electron chi connectivity index (χ1n) is 6.53. The number of carbonyl (C=O) groups is 1. The van der Waals surface area contributed by atoms with Gasteiger partial charge in [0.25, 0.3) is 0 Å². The largest absolute Gasteiger partial charge is 0.339 e. The van der Waals surface area contributed by atoms with Crippen molar-refractivity contribution in [2.75, 3.05) is 7.05 Å². The quantitative estimate of drug-likeness (QED) is 0.857. The van der Waals surface area contributed by atoms with Gasteiger partial charge in [0.1, 0.15) is 0 Å². The van der Waals surface area contributed by atoms with Crippen LogP contribution in [0.5, 0.6) is 0 Å². The fraction of sp³-hybridized carbons (Fsp3) is 0.250. The van der Waals surface area contributed by atoms with Crippen LogP contribution in [-0.4, -0.2) is 28.1 Å². The third-order valence-corrected chi connectivity index (χ3v) is 3.46. The van der Waals surface area contributed by atoms with E-state index in [-0.39, 0.29) is 11.2 Å². The number of amides is 1. The van der Waals surface area contributed by atoms with Crippen LogP contribution in [0.1, 0.15) is 11.3 Å². The molecule has 2 aromatic rings. The lowest BCUT2D eigenvalue weighted by Crippen LogP contribution is -2.34. The summed E-state index contributed by atoms with van der Waals surface area (Å²) in [5.41, 5.74) is 2.00. The first-order chi connectivity index (χ1) is 9.66. The molecule has 1 heterocycles. The molecule has 0 saturated heterocycles. The Morgan fingerprint density at radius 1 is 1.20 bits per heavy atom. The highest BCUT2D eigenvalue weighted by molar-refractivity contribution is 7.81. The van der Waals surface area contributed by atoms with Crippen LogP contribution in [0, 0.1) is 0 Å². The molecule has 0 fully saturated rings. The number of benzene rings is 1. The molecule has 1 unspecified atom stereocenters. The summed E-state index contributed by atoms with van der Waals surface area (Å²) in [6.07, 6.45) is 2.37. The summed E-state index contributed by atoms with van der Waals surface area (Å²) in [5, 5.41) is -0.328. The number of aromatic nitrogens is 1. The lowest BCUT2D eigenvalue weighted by molar-refractivity contribution is -0.129. The molecular weight excluding hydrogens is 268 g/mol. The summed E-state index contributed by atoms with van der Waals surface area (Å²) in [5.74, 6) is 0.0165. The Hall–Kier alpha value is -1.81. The number of hydrogen-bond acceptors (Lipinski definition) is 3. The summed E-state index contributed by atoms with van der Waals surface area (Å²) in [6, 6.07) is 15.6. The molecule has 0 radical (unpaired) electrons. The third kappa shape index (κ3) is 4.10. The van der Waals surface area contributed by atoms with Crippen molar-refractivity contribution in [1.82, 2.24) is 9.88 Å². The van der Waals surface area contributed by atoms with Crippen molar-refractivity contribution in [3.8, 4) is 0 Å². The summed E-state index contributed by atoms with van der Waals surface area (Å²) < 4.78 is 0. The minimum absolute atomic E-state index is 0.0165. The van der Waals surface area contributed by atoms with Gasteiger partial charge in [-0.15, -0.1) is 0 Å². The minimum atomic E-state index is -0.328. The molecule has 2 rings (SSSR count). The highest BCUT2D eigenvalue weighted by Crippen LogP contribution is 2.11. The second kappa shape index (κ2) is 7.10. The lowest BCUT2D eigenvalue weighted by Gasteiger charge is -2.20. The Labute approximate surface area is 125 Å². The normalized spacial score (nSPS) is 11.9. The van der Waals surface area contributed by atoms with Gasteiger partial charge >= 0.3 is 0 Å². The van der Waals surface area contributed by atoms with Crippen LogP contribution in [0.15, 0.2) is 54.7 Å². The molecule has 1 atom stereocenters. The van der Waals surface area contributed by atoms with E-state index in [2.05, 4.69) is 17.6 Å². The number of pyridine rings is 1. The zero-order valence-corrected chi connectivity index (χ0v) is 12.3. The van der Waals surface area contributed by atoms with Crippen molar-refractivity contribution < 1.29 is 4.79 Å². The number of rotatable bonds is 5. The van der Waals surface area contributed by atoms with E-state index in [1.807, 2.05) is 48.5 Å². The van der Waals surface area contributed by atoms with E-state index in [0.717, 1.165) is 11.3 Å². The van der Waals surface area contributed by atoms with Crippen LogP contribution >= 0.6 is 12.6 Å². The van der Waals surface area contributed by atoms with Crippen LogP contribution in [0.3, 0.4) is 0 Å². The van der Waals surface area contributed by atoms with Crippen LogP contribution in [0.2, 0.25) is 0 Å². The number of nitrogens with zero attached hydrogens (tertiary/aromatic N) is 2.